The summed E-state index contributed by atoms with van der Waals surface area (Å²) in [4.78, 5) is 24.5. The summed E-state index contributed by atoms with van der Waals surface area (Å²) in [5, 5.41) is 21.4. The molecule has 7 nitrogen and oxygen atoms in total. The first-order valence-electron chi connectivity index (χ1n) is 9.14. The Balaban J connectivity index is 1.64. The molecule has 0 aliphatic heterocycles. The normalized spacial score (nSPS) is 11.7. The maximum atomic E-state index is 13.0. The molecule has 1 unspecified atom stereocenters. The summed E-state index contributed by atoms with van der Waals surface area (Å²) >= 11 is 0. The number of rotatable bonds is 7. The highest BCUT2D eigenvalue weighted by atomic mass is 19.1. The number of carbonyl (C=O) groups excluding carboxylic acids is 2. The van der Waals surface area contributed by atoms with Crippen molar-refractivity contribution in [3.8, 4) is 11.3 Å². The lowest BCUT2D eigenvalue weighted by molar-refractivity contribution is 0.0914. The van der Waals surface area contributed by atoms with E-state index in [1.807, 2.05) is 6.92 Å². The van der Waals surface area contributed by atoms with Crippen LogP contribution in [0, 0.1) is 5.82 Å². The molecule has 2 amide bonds. The minimum absolute atomic E-state index is 0.125. The fraction of sp³-hybridized carbons (Fsp3) is 0.190. The van der Waals surface area contributed by atoms with Crippen molar-refractivity contribution in [1.82, 2.24) is 15.5 Å². The Morgan fingerprint density at radius 3 is 2.41 bits per heavy atom. The van der Waals surface area contributed by atoms with Crippen LogP contribution in [0.1, 0.15) is 34.2 Å². The van der Waals surface area contributed by atoms with E-state index in [2.05, 4.69) is 20.8 Å². The van der Waals surface area contributed by atoms with Crippen molar-refractivity contribution in [1.29, 1.82) is 0 Å². The number of aliphatic hydroxyl groups excluding tert-OH is 1. The van der Waals surface area contributed by atoms with Gasteiger partial charge < -0.3 is 15.7 Å². The maximum absolute atomic E-state index is 13.0. The molecule has 0 aliphatic carbocycles. The summed E-state index contributed by atoms with van der Waals surface area (Å²) in [6.07, 6.45) is 0.625. The van der Waals surface area contributed by atoms with E-state index in [0.717, 1.165) is 0 Å². The summed E-state index contributed by atoms with van der Waals surface area (Å²) in [5.41, 5.74) is 2.40. The average molecular weight is 396 g/mol. The molecule has 150 valence electrons. The zero-order chi connectivity index (χ0) is 20.8. The van der Waals surface area contributed by atoms with E-state index in [1.165, 1.54) is 12.1 Å². The number of anilines is 1. The number of amides is 2. The number of aromatic amines is 1. The van der Waals surface area contributed by atoms with E-state index in [-0.39, 0.29) is 30.1 Å². The molecule has 2 aromatic carbocycles. The second-order valence-electron chi connectivity index (χ2n) is 6.47. The van der Waals surface area contributed by atoms with Gasteiger partial charge in [0.2, 0.25) is 0 Å². The molecule has 4 N–H and O–H groups in total. The number of benzene rings is 2. The first-order chi connectivity index (χ1) is 14.0. The number of nitrogens with one attached hydrogen (secondary N) is 3. The van der Waals surface area contributed by atoms with Crippen LogP contribution < -0.4 is 10.6 Å². The van der Waals surface area contributed by atoms with Gasteiger partial charge in [-0.15, -0.1) is 0 Å². The van der Waals surface area contributed by atoms with Crippen LogP contribution in [0.4, 0.5) is 10.1 Å². The Kier molecular flexibility index (Phi) is 6.36. The van der Waals surface area contributed by atoms with Crippen molar-refractivity contribution in [2.75, 3.05) is 11.9 Å². The van der Waals surface area contributed by atoms with Gasteiger partial charge in [0.05, 0.1) is 18.3 Å². The van der Waals surface area contributed by atoms with Crippen molar-refractivity contribution in [2.45, 2.75) is 19.4 Å². The lowest BCUT2D eigenvalue weighted by Crippen LogP contribution is -2.36. The predicted octanol–water partition coefficient (Wildman–Crippen LogP) is 2.97. The Morgan fingerprint density at radius 1 is 1.10 bits per heavy atom. The zero-order valence-corrected chi connectivity index (χ0v) is 15.8. The van der Waals surface area contributed by atoms with Crippen molar-refractivity contribution in [2.24, 2.45) is 0 Å². The molecule has 8 heteroatoms. The molecule has 1 heterocycles. The Morgan fingerprint density at radius 2 is 1.79 bits per heavy atom. The number of nitrogens with zero attached hydrogens (tertiary/aromatic N) is 1. The van der Waals surface area contributed by atoms with Crippen molar-refractivity contribution >= 4 is 17.5 Å². The highest BCUT2D eigenvalue weighted by Gasteiger charge is 2.13. The topological polar surface area (TPSA) is 107 Å². The summed E-state index contributed by atoms with van der Waals surface area (Å²) in [5.74, 6) is -1.03. The third-order valence-corrected chi connectivity index (χ3v) is 4.42. The lowest BCUT2D eigenvalue weighted by Gasteiger charge is -2.14. The van der Waals surface area contributed by atoms with Crippen molar-refractivity contribution in [3.05, 3.63) is 71.7 Å². The molecule has 0 radical (unpaired) electrons. The monoisotopic (exact) mass is 396 g/mol. The van der Waals surface area contributed by atoms with E-state index in [1.54, 1.807) is 42.5 Å². The van der Waals surface area contributed by atoms with Crippen LogP contribution in [-0.2, 0) is 0 Å². The third-order valence-electron chi connectivity index (χ3n) is 4.42. The standard InChI is InChI=1S/C21H21FN4O3/c1-2-16(12-27)23-20(28)14-5-9-17(10-6-14)24-21(29)19-11-18(25-26-19)13-3-7-15(22)8-4-13/h3-11,16,27H,2,12H2,1H3,(H,23,28)(H,24,29)(H,25,26). The summed E-state index contributed by atoms with van der Waals surface area (Å²) in [7, 11) is 0. The lowest BCUT2D eigenvalue weighted by atomic mass is 10.1. The summed E-state index contributed by atoms with van der Waals surface area (Å²) < 4.78 is 13.0. The van der Waals surface area contributed by atoms with Gasteiger partial charge in [0.15, 0.2) is 0 Å². The fourth-order valence-corrected chi connectivity index (χ4v) is 2.66. The molecule has 0 saturated carbocycles. The number of aromatic nitrogens is 2. The van der Waals surface area contributed by atoms with E-state index < -0.39 is 5.91 Å². The second kappa shape index (κ2) is 9.11. The van der Waals surface area contributed by atoms with Crippen LogP contribution in [0.2, 0.25) is 0 Å². The van der Waals surface area contributed by atoms with Crippen molar-refractivity contribution in [3.63, 3.8) is 0 Å². The number of hydrogen-bond acceptors (Lipinski definition) is 4. The van der Waals surface area contributed by atoms with Gasteiger partial charge in [0.25, 0.3) is 11.8 Å². The largest absolute Gasteiger partial charge is 0.394 e. The zero-order valence-electron chi connectivity index (χ0n) is 15.8. The SMILES string of the molecule is CCC(CO)NC(=O)c1ccc(NC(=O)c2cc(-c3ccc(F)cc3)n[nH]2)cc1. The third kappa shape index (κ3) is 5.05. The highest BCUT2D eigenvalue weighted by molar-refractivity contribution is 6.03. The first kappa shape index (κ1) is 20.2. The quantitative estimate of drug-likeness (QED) is 0.492. The maximum Gasteiger partial charge on any atom is 0.273 e. The van der Waals surface area contributed by atoms with Gasteiger partial charge in [-0.25, -0.2) is 4.39 Å². The van der Waals surface area contributed by atoms with Crippen LogP contribution in [0.25, 0.3) is 11.3 Å². The molecule has 3 aromatic rings. The van der Waals surface area contributed by atoms with Gasteiger partial charge in [-0.3, -0.25) is 14.7 Å². The fourth-order valence-electron chi connectivity index (χ4n) is 2.66. The van der Waals surface area contributed by atoms with Crippen LogP contribution in [0.15, 0.2) is 54.6 Å². The molecular formula is C21H21FN4O3. The molecule has 1 atom stereocenters. The molecule has 0 fully saturated rings. The molecule has 29 heavy (non-hydrogen) atoms. The summed E-state index contributed by atoms with van der Waals surface area (Å²) in [6, 6.07) is 13.5. The Hall–Kier alpha value is -3.52. The van der Waals surface area contributed by atoms with E-state index in [0.29, 0.717) is 28.9 Å². The van der Waals surface area contributed by atoms with Crippen LogP contribution >= 0.6 is 0 Å². The number of carbonyl (C=O) groups is 2. The van der Waals surface area contributed by atoms with Crippen LogP contribution in [0.3, 0.4) is 0 Å². The summed E-state index contributed by atoms with van der Waals surface area (Å²) in [6.45, 7) is 1.75. The number of H-pyrrole nitrogens is 1. The minimum Gasteiger partial charge on any atom is -0.394 e. The molecule has 0 spiro atoms. The smallest absolute Gasteiger partial charge is 0.273 e. The molecule has 0 aliphatic rings. The van der Waals surface area contributed by atoms with E-state index in [9.17, 15) is 19.1 Å². The average Bonchev–Trinajstić information content (AvgIpc) is 3.23. The van der Waals surface area contributed by atoms with Gasteiger partial charge >= 0.3 is 0 Å². The predicted molar refractivity (Wildman–Crippen MR) is 107 cm³/mol. The van der Waals surface area contributed by atoms with Crippen molar-refractivity contribution < 1.29 is 19.1 Å². The number of aliphatic hydroxyl groups is 1. The van der Waals surface area contributed by atoms with Gasteiger partial charge in [0, 0.05) is 16.8 Å². The Bertz CT molecular complexity index is 980. The van der Waals surface area contributed by atoms with Gasteiger partial charge in [-0.2, -0.15) is 5.10 Å². The minimum atomic E-state index is -0.394. The molecule has 3 rings (SSSR count). The van der Waals surface area contributed by atoms with Crippen LogP contribution in [-0.4, -0.2) is 39.8 Å². The van der Waals surface area contributed by atoms with E-state index in [4.69, 9.17) is 0 Å². The highest BCUT2D eigenvalue weighted by Crippen LogP contribution is 2.19. The van der Waals surface area contributed by atoms with Gasteiger partial charge in [0.1, 0.15) is 11.5 Å². The van der Waals surface area contributed by atoms with Crippen LogP contribution in [0.5, 0.6) is 0 Å². The number of halogens is 1. The van der Waals surface area contributed by atoms with Gasteiger partial charge in [-0.1, -0.05) is 6.92 Å². The second-order valence-corrected chi connectivity index (χ2v) is 6.47. The molecular weight excluding hydrogens is 375 g/mol. The van der Waals surface area contributed by atoms with E-state index >= 15 is 0 Å². The Labute approximate surface area is 167 Å². The first-order valence-corrected chi connectivity index (χ1v) is 9.14. The molecule has 0 saturated heterocycles. The molecule has 1 aromatic heterocycles. The number of hydrogen-bond donors (Lipinski definition) is 4. The van der Waals surface area contributed by atoms with Gasteiger partial charge in [-0.05, 0) is 61.0 Å². The molecule has 0 bridgehead atoms.